The summed E-state index contributed by atoms with van der Waals surface area (Å²) < 4.78 is 38.6. The van der Waals surface area contributed by atoms with Crippen molar-refractivity contribution in [3.05, 3.63) is 28.4 Å². The van der Waals surface area contributed by atoms with Crippen LogP contribution >= 0.6 is 67.8 Å². The van der Waals surface area contributed by atoms with Gasteiger partial charge >= 0.3 is 6.18 Å². The molecular weight excluding hydrogens is 604 g/mol. The minimum Gasteiger partial charge on any atom is -0.382 e. The molecule has 1 aromatic rings. The number of carbonyl (C=O) groups is 1. The van der Waals surface area contributed by atoms with Gasteiger partial charge in [0.25, 0.3) is 5.91 Å². The summed E-state index contributed by atoms with van der Waals surface area (Å²) in [7, 11) is 0. The molecule has 0 aromatic heterocycles. The van der Waals surface area contributed by atoms with Gasteiger partial charge in [0.15, 0.2) is 6.10 Å². The molecule has 1 aromatic carbocycles. The van der Waals surface area contributed by atoms with E-state index in [9.17, 15) is 18.0 Å². The van der Waals surface area contributed by atoms with Crippen LogP contribution < -0.4 is 5.32 Å². The average Bonchev–Trinajstić information content (AvgIpc) is 2.28. The van der Waals surface area contributed by atoms with E-state index in [1.165, 1.54) is 0 Å². The highest BCUT2D eigenvalue weighted by Gasteiger charge is 2.38. The molecule has 0 fully saturated rings. The number of hydrogen-bond acceptors (Lipinski definition) is 2. The molecule has 0 spiro atoms. The highest BCUT2D eigenvalue weighted by Crippen LogP contribution is 2.23. The molecule has 106 valence electrons. The van der Waals surface area contributed by atoms with E-state index in [1.807, 2.05) is 73.8 Å². The van der Waals surface area contributed by atoms with Gasteiger partial charge in [-0.25, -0.2) is 0 Å². The van der Waals surface area contributed by atoms with Crippen LogP contribution in [0.15, 0.2) is 12.1 Å². The van der Waals surface area contributed by atoms with Crippen LogP contribution in [-0.2, 0) is 0 Å². The summed E-state index contributed by atoms with van der Waals surface area (Å²) in [6.07, 6.45) is -7.30. The Hall–Kier alpha value is 0.630. The minimum atomic E-state index is -4.74. The number of hydrogen-bond donors (Lipinski definition) is 2. The second-order valence-corrected chi connectivity index (χ2v) is 7.00. The van der Waals surface area contributed by atoms with Crippen molar-refractivity contribution in [1.82, 2.24) is 5.32 Å². The zero-order valence-corrected chi connectivity index (χ0v) is 15.5. The van der Waals surface area contributed by atoms with Crippen molar-refractivity contribution in [2.75, 3.05) is 6.54 Å². The largest absolute Gasteiger partial charge is 0.416 e. The molecule has 0 saturated heterocycles. The molecule has 1 atom stereocenters. The molecule has 2 N–H and O–H groups in total. The molecule has 9 heteroatoms. The molecule has 3 nitrogen and oxygen atoms in total. The molecule has 0 aliphatic carbocycles. The third-order valence-electron chi connectivity index (χ3n) is 2.07. The van der Waals surface area contributed by atoms with Crippen molar-refractivity contribution in [2.45, 2.75) is 12.3 Å². The molecule has 1 rings (SSSR count). The lowest BCUT2D eigenvalue weighted by molar-refractivity contribution is -0.201. The monoisotopic (exact) mass is 611 g/mol. The van der Waals surface area contributed by atoms with Crippen LogP contribution in [0.3, 0.4) is 0 Å². The number of benzene rings is 1. The Morgan fingerprint density at radius 1 is 1.32 bits per heavy atom. The van der Waals surface area contributed by atoms with E-state index in [2.05, 4.69) is 5.32 Å². The quantitative estimate of drug-likeness (QED) is 0.408. The number of rotatable bonds is 3. The van der Waals surface area contributed by atoms with Crippen molar-refractivity contribution in [3.8, 4) is 0 Å². The van der Waals surface area contributed by atoms with E-state index in [-0.39, 0.29) is 0 Å². The van der Waals surface area contributed by atoms with Crippen LogP contribution in [0.25, 0.3) is 0 Å². The van der Waals surface area contributed by atoms with E-state index >= 15 is 0 Å². The summed E-state index contributed by atoms with van der Waals surface area (Å²) in [6.45, 7) is -0.861. The summed E-state index contributed by atoms with van der Waals surface area (Å²) in [5, 5.41) is 10.9. The fraction of sp³-hybridized carbons (Fsp3) is 0.300. The Kier molecular flexibility index (Phi) is 6.57. The molecule has 1 amide bonds. The fourth-order valence-electron chi connectivity index (χ4n) is 1.12. The Balaban J connectivity index is 2.80. The number of carbonyl (C=O) groups excluding carboxylic acids is 1. The smallest absolute Gasteiger partial charge is 0.382 e. The first-order valence-electron chi connectivity index (χ1n) is 4.80. The van der Waals surface area contributed by atoms with Crippen molar-refractivity contribution in [3.63, 3.8) is 0 Å². The first-order valence-corrected chi connectivity index (χ1v) is 8.04. The lowest BCUT2D eigenvalue weighted by atomic mass is 10.2. The van der Waals surface area contributed by atoms with Crippen LogP contribution in [0.1, 0.15) is 10.4 Å². The summed E-state index contributed by atoms with van der Waals surface area (Å²) in [4.78, 5) is 11.8. The summed E-state index contributed by atoms with van der Waals surface area (Å²) in [5.41, 5.74) is 0.297. The third kappa shape index (κ3) is 5.15. The van der Waals surface area contributed by atoms with Gasteiger partial charge in [-0.05, 0) is 79.9 Å². The lowest BCUT2D eigenvalue weighted by Crippen LogP contribution is -2.40. The Morgan fingerprint density at radius 2 is 1.89 bits per heavy atom. The van der Waals surface area contributed by atoms with E-state index in [4.69, 9.17) is 5.11 Å². The van der Waals surface area contributed by atoms with Gasteiger partial charge in [0, 0.05) is 10.7 Å². The minimum absolute atomic E-state index is 0.297. The van der Waals surface area contributed by atoms with E-state index in [0.29, 0.717) is 9.13 Å². The summed E-state index contributed by atoms with van der Waals surface area (Å²) in [6, 6.07) is 3.43. The van der Waals surface area contributed by atoms with Gasteiger partial charge in [-0.3, -0.25) is 4.79 Å². The molecule has 0 aliphatic rings. The molecule has 1 unspecified atom stereocenters. The molecule has 0 saturated carbocycles. The van der Waals surface area contributed by atoms with Gasteiger partial charge in [0.05, 0.1) is 12.1 Å². The second-order valence-electron chi connectivity index (χ2n) is 3.52. The molecule has 0 bridgehead atoms. The van der Waals surface area contributed by atoms with E-state index in [1.54, 1.807) is 6.07 Å². The van der Waals surface area contributed by atoms with Gasteiger partial charge in [0.1, 0.15) is 0 Å². The maximum Gasteiger partial charge on any atom is 0.416 e. The average molecular weight is 611 g/mol. The van der Waals surface area contributed by atoms with Crippen molar-refractivity contribution in [1.29, 1.82) is 0 Å². The number of halogens is 6. The predicted molar refractivity (Wildman–Crippen MR) is 89.0 cm³/mol. The van der Waals surface area contributed by atoms with E-state index < -0.39 is 24.7 Å². The Bertz CT molecular complexity index is 494. The first kappa shape index (κ1) is 17.7. The summed E-state index contributed by atoms with van der Waals surface area (Å²) in [5.74, 6) is -0.635. The van der Waals surface area contributed by atoms with Gasteiger partial charge in [-0.15, -0.1) is 0 Å². The van der Waals surface area contributed by atoms with Gasteiger partial charge < -0.3 is 10.4 Å². The predicted octanol–water partition coefficient (Wildman–Crippen LogP) is 3.15. The number of alkyl halides is 3. The van der Waals surface area contributed by atoms with Gasteiger partial charge in [-0.2, -0.15) is 13.2 Å². The number of aliphatic hydroxyl groups is 1. The van der Waals surface area contributed by atoms with Crippen molar-refractivity contribution < 1.29 is 23.1 Å². The number of aliphatic hydroxyl groups excluding tert-OH is 1. The maximum atomic E-state index is 12.1. The number of nitrogens with one attached hydrogen (secondary N) is 1. The molecule has 0 radical (unpaired) electrons. The summed E-state index contributed by atoms with van der Waals surface area (Å²) >= 11 is 6.01. The van der Waals surface area contributed by atoms with Crippen LogP contribution in [0, 0.1) is 10.7 Å². The van der Waals surface area contributed by atoms with Gasteiger partial charge in [-0.1, -0.05) is 0 Å². The zero-order chi connectivity index (χ0) is 14.8. The van der Waals surface area contributed by atoms with Crippen LogP contribution in [0.4, 0.5) is 13.2 Å². The second kappa shape index (κ2) is 7.06. The van der Waals surface area contributed by atoms with Crippen LogP contribution in [-0.4, -0.2) is 29.8 Å². The normalized spacial score (nSPS) is 13.2. The Morgan fingerprint density at radius 3 is 2.42 bits per heavy atom. The topological polar surface area (TPSA) is 49.3 Å². The maximum absolute atomic E-state index is 12.1. The van der Waals surface area contributed by atoms with Crippen LogP contribution in [0.2, 0.25) is 0 Å². The standard InChI is InChI=1S/C10H7F3I3NO2/c11-10(12,13)7(18)3-17-9(19)5-1-4(14)2-6(15)8(5)16/h1-2,7,18H,3H2,(H,17,19). The van der Waals surface area contributed by atoms with E-state index in [0.717, 1.165) is 7.14 Å². The molecule has 19 heavy (non-hydrogen) atoms. The third-order valence-corrected chi connectivity index (χ3v) is 5.74. The van der Waals surface area contributed by atoms with Crippen molar-refractivity contribution >= 4 is 73.7 Å². The lowest BCUT2D eigenvalue weighted by Gasteiger charge is -2.15. The zero-order valence-electron chi connectivity index (χ0n) is 9.06. The first-order chi connectivity index (χ1) is 8.62. The SMILES string of the molecule is O=C(NCC(O)C(F)(F)F)c1cc(I)cc(I)c1I. The highest BCUT2D eigenvalue weighted by atomic mass is 127. The fourth-order valence-corrected chi connectivity index (χ4v) is 3.52. The Labute approximate surface area is 148 Å². The molecular formula is C10H7F3I3NO2. The molecule has 0 heterocycles. The van der Waals surface area contributed by atoms with Crippen LogP contribution in [0.5, 0.6) is 0 Å². The van der Waals surface area contributed by atoms with Gasteiger partial charge in [0.2, 0.25) is 0 Å². The molecule has 0 aliphatic heterocycles. The van der Waals surface area contributed by atoms with Crippen molar-refractivity contribution in [2.24, 2.45) is 0 Å². The number of amides is 1. The highest BCUT2D eigenvalue weighted by molar-refractivity contribution is 14.1.